The predicted octanol–water partition coefficient (Wildman–Crippen LogP) is 2.39. The SMILES string of the molecule is CCC1(C(=O)N[C@@H](C)c2cccc(F)c2)CCNC1. The Hall–Kier alpha value is -1.42. The van der Waals surface area contributed by atoms with Crippen LogP contribution in [0.15, 0.2) is 24.3 Å². The van der Waals surface area contributed by atoms with Crippen LogP contribution in [0.2, 0.25) is 0 Å². The number of hydrogen-bond acceptors (Lipinski definition) is 2. The Balaban J connectivity index is 2.06. The lowest BCUT2D eigenvalue weighted by atomic mass is 9.83. The van der Waals surface area contributed by atoms with E-state index in [0.29, 0.717) is 0 Å². The summed E-state index contributed by atoms with van der Waals surface area (Å²) >= 11 is 0. The Morgan fingerprint density at radius 3 is 2.95 bits per heavy atom. The molecule has 0 aromatic heterocycles. The molecule has 1 amide bonds. The van der Waals surface area contributed by atoms with E-state index in [1.807, 2.05) is 19.9 Å². The van der Waals surface area contributed by atoms with Crippen molar-refractivity contribution in [2.24, 2.45) is 5.41 Å². The Morgan fingerprint density at radius 1 is 1.58 bits per heavy atom. The molecule has 3 nitrogen and oxygen atoms in total. The maximum atomic E-state index is 13.2. The smallest absolute Gasteiger partial charge is 0.228 e. The monoisotopic (exact) mass is 264 g/mol. The number of hydrogen-bond donors (Lipinski definition) is 2. The molecule has 1 saturated heterocycles. The molecule has 19 heavy (non-hydrogen) atoms. The molecule has 0 bridgehead atoms. The Labute approximate surface area is 113 Å². The minimum atomic E-state index is -0.304. The van der Waals surface area contributed by atoms with Crippen LogP contribution >= 0.6 is 0 Å². The van der Waals surface area contributed by atoms with Gasteiger partial charge in [0.2, 0.25) is 5.91 Å². The zero-order valence-corrected chi connectivity index (χ0v) is 11.5. The van der Waals surface area contributed by atoms with Crippen molar-refractivity contribution in [1.29, 1.82) is 0 Å². The van der Waals surface area contributed by atoms with Gasteiger partial charge in [0, 0.05) is 6.54 Å². The zero-order valence-electron chi connectivity index (χ0n) is 11.5. The summed E-state index contributed by atoms with van der Waals surface area (Å²) in [5, 5.41) is 6.26. The molecule has 1 unspecified atom stereocenters. The van der Waals surface area contributed by atoms with Crippen LogP contribution in [0.3, 0.4) is 0 Å². The van der Waals surface area contributed by atoms with Gasteiger partial charge in [-0.2, -0.15) is 0 Å². The van der Waals surface area contributed by atoms with E-state index in [-0.39, 0.29) is 23.2 Å². The Morgan fingerprint density at radius 2 is 2.37 bits per heavy atom. The van der Waals surface area contributed by atoms with Gasteiger partial charge >= 0.3 is 0 Å². The predicted molar refractivity (Wildman–Crippen MR) is 73.2 cm³/mol. The van der Waals surface area contributed by atoms with Crippen LogP contribution in [-0.4, -0.2) is 19.0 Å². The summed E-state index contributed by atoms with van der Waals surface area (Å²) in [4.78, 5) is 12.4. The number of nitrogens with one attached hydrogen (secondary N) is 2. The van der Waals surface area contributed by atoms with Crippen LogP contribution in [-0.2, 0) is 4.79 Å². The van der Waals surface area contributed by atoms with E-state index in [1.54, 1.807) is 6.07 Å². The van der Waals surface area contributed by atoms with E-state index in [9.17, 15) is 9.18 Å². The summed E-state index contributed by atoms with van der Waals surface area (Å²) in [6.07, 6.45) is 1.69. The molecule has 1 heterocycles. The summed E-state index contributed by atoms with van der Waals surface area (Å²) in [5.74, 6) is -0.205. The highest BCUT2D eigenvalue weighted by Gasteiger charge is 2.39. The van der Waals surface area contributed by atoms with Gasteiger partial charge in [0.05, 0.1) is 11.5 Å². The van der Waals surface area contributed by atoms with Crippen molar-refractivity contribution in [1.82, 2.24) is 10.6 Å². The Kier molecular flexibility index (Phi) is 4.20. The van der Waals surface area contributed by atoms with Gasteiger partial charge in [-0.05, 0) is 44.0 Å². The number of carbonyl (C=O) groups excluding carboxylic acids is 1. The topological polar surface area (TPSA) is 41.1 Å². The molecular weight excluding hydrogens is 243 g/mol. The van der Waals surface area contributed by atoms with Crippen molar-refractivity contribution < 1.29 is 9.18 Å². The van der Waals surface area contributed by atoms with Crippen LogP contribution in [0.4, 0.5) is 4.39 Å². The third kappa shape index (κ3) is 2.95. The molecule has 1 aromatic rings. The van der Waals surface area contributed by atoms with Crippen LogP contribution in [0.1, 0.15) is 38.3 Å². The lowest BCUT2D eigenvalue weighted by Crippen LogP contribution is -2.43. The summed E-state index contributed by atoms with van der Waals surface area (Å²) in [6, 6.07) is 6.20. The van der Waals surface area contributed by atoms with Crippen molar-refractivity contribution in [3.05, 3.63) is 35.6 Å². The normalized spacial score (nSPS) is 24.2. The van der Waals surface area contributed by atoms with Crippen molar-refractivity contribution in [2.45, 2.75) is 32.7 Å². The van der Waals surface area contributed by atoms with E-state index < -0.39 is 0 Å². The van der Waals surface area contributed by atoms with Gasteiger partial charge in [0.15, 0.2) is 0 Å². The molecular formula is C15H21FN2O. The van der Waals surface area contributed by atoms with Crippen molar-refractivity contribution in [2.75, 3.05) is 13.1 Å². The van der Waals surface area contributed by atoms with Crippen molar-refractivity contribution in [3.8, 4) is 0 Å². The van der Waals surface area contributed by atoms with E-state index in [1.165, 1.54) is 12.1 Å². The lowest BCUT2D eigenvalue weighted by Gasteiger charge is -2.27. The molecule has 0 aliphatic carbocycles. The van der Waals surface area contributed by atoms with Gasteiger partial charge in [0.1, 0.15) is 5.82 Å². The van der Waals surface area contributed by atoms with E-state index >= 15 is 0 Å². The second kappa shape index (κ2) is 5.70. The lowest BCUT2D eigenvalue weighted by molar-refractivity contribution is -0.131. The number of carbonyl (C=O) groups is 1. The second-order valence-electron chi connectivity index (χ2n) is 5.31. The van der Waals surface area contributed by atoms with Crippen LogP contribution in [0.25, 0.3) is 0 Å². The minimum absolute atomic E-state index is 0.0664. The van der Waals surface area contributed by atoms with Gasteiger partial charge in [-0.3, -0.25) is 4.79 Å². The summed E-state index contributed by atoms with van der Waals surface area (Å²) in [6.45, 7) is 5.54. The Bertz CT molecular complexity index is 455. The minimum Gasteiger partial charge on any atom is -0.349 e. The first-order valence-electron chi connectivity index (χ1n) is 6.84. The molecule has 1 aliphatic heterocycles. The highest BCUT2D eigenvalue weighted by molar-refractivity contribution is 5.83. The van der Waals surface area contributed by atoms with E-state index in [2.05, 4.69) is 10.6 Å². The number of rotatable bonds is 4. The van der Waals surface area contributed by atoms with Crippen LogP contribution < -0.4 is 10.6 Å². The second-order valence-corrected chi connectivity index (χ2v) is 5.31. The van der Waals surface area contributed by atoms with Gasteiger partial charge < -0.3 is 10.6 Å². The first-order chi connectivity index (χ1) is 9.07. The quantitative estimate of drug-likeness (QED) is 0.876. The molecule has 0 radical (unpaired) electrons. The fourth-order valence-corrected chi connectivity index (χ4v) is 2.61. The standard InChI is InChI=1S/C15H21FN2O/c1-3-15(7-8-17-10-15)14(19)18-11(2)12-5-4-6-13(16)9-12/h4-6,9,11,17H,3,7-8,10H2,1-2H3,(H,18,19)/t11-,15?/m0/s1. The van der Waals surface area contributed by atoms with E-state index in [4.69, 9.17) is 0 Å². The molecule has 2 atom stereocenters. The largest absolute Gasteiger partial charge is 0.349 e. The van der Waals surface area contributed by atoms with Crippen LogP contribution in [0.5, 0.6) is 0 Å². The number of amides is 1. The average molecular weight is 264 g/mol. The number of benzene rings is 1. The van der Waals surface area contributed by atoms with Gasteiger partial charge in [-0.25, -0.2) is 4.39 Å². The molecule has 0 spiro atoms. The molecule has 0 saturated carbocycles. The van der Waals surface area contributed by atoms with Gasteiger partial charge in [-0.15, -0.1) is 0 Å². The highest BCUT2D eigenvalue weighted by atomic mass is 19.1. The summed E-state index contributed by atoms with van der Waals surface area (Å²) in [7, 11) is 0. The van der Waals surface area contributed by atoms with Crippen LogP contribution in [0, 0.1) is 11.2 Å². The zero-order chi connectivity index (χ0) is 13.9. The molecule has 104 valence electrons. The first kappa shape index (κ1) is 14.0. The molecule has 4 heteroatoms. The molecule has 2 rings (SSSR count). The summed E-state index contributed by atoms with van der Waals surface area (Å²) in [5.41, 5.74) is 0.493. The molecule has 1 aromatic carbocycles. The molecule has 1 fully saturated rings. The molecule has 2 N–H and O–H groups in total. The third-order valence-electron chi connectivity index (χ3n) is 4.10. The first-order valence-corrected chi connectivity index (χ1v) is 6.84. The number of halogens is 1. The fraction of sp³-hybridized carbons (Fsp3) is 0.533. The fourth-order valence-electron chi connectivity index (χ4n) is 2.61. The van der Waals surface area contributed by atoms with Crippen molar-refractivity contribution >= 4 is 5.91 Å². The van der Waals surface area contributed by atoms with Crippen molar-refractivity contribution in [3.63, 3.8) is 0 Å². The highest BCUT2D eigenvalue weighted by Crippen LogP contribution is 2.30. The summed E-state index contributed by atoms with van der Waals surface area (Å²) < 4.78 is 13.2. The average Bonchev–Trinajstić information content (AvgIpc) is 2.88. The van der Waals surface area contributed by atoms with E-state index in [0.717, 1.165) is 31.5 Å². The third-order valence-corrected chi connectivity index (χ3v) is 4.10. The maximum absolute atomic E-state index is 13.2. The molecule has 1 aliphatic rings. The maximum Gasteiger partial charge on any atom is 0.228 e. The van der Waals surface area contributed by atoms with Gasteiger partial charge in [0.25, 0.3) is 0 Å². The van der Waals surface area contributed by atoms with Gasteiger partial charge in [-0.1, -0.05) is 19.1 Å².